The first-order valence-electron chi connectivity index (χ1n) is 14.1. The molecule has 2 saturated heterocycles. The number of hydrogen-bond donors (Lipinski definition) is 0. The third-order valence-electron chi connectivity index (χ3n) is 10.8. The van der Waals surface area contributed by atoms with Gasteiger partial charge in [-0.05, 0) is 79.7 Å². The van der Waals surface area contributed by atoms with E-state index in [-0.39, 0.29) is 23.4 Å². The maximum Gasteiger partial charge on any atom is 0.192 e. The second kappa shape index (κ2) is 9.75. The quantitative estimate of drug-likeness (QED) is 0.279. The number of hydrogen-bond acceptors (Lipinski definition) is 3. The summed E-state index contributed by atoms with van der Waals surface area (Å²) in [6.45, 7) is 23.9. The van der Waals surface area contributed by atoms with Crippen molar-refractivity contribution in [1.82, 2.24) is 0 Å². The van der Waals surface area contributed by atoms with E-state index >= 15 is 0 Å². The van der Waals surface area contributed by atoms with E-state index in [1.54, 1.807) is 0 Å². The highest BCUT2D eigenvalue weighted by Gasteiger charge is 2.71. The average molecular weight is 483 g/mol. The highest BCUT2D eigenvalue weighted by molar-refractivity contribution is 6.74. The van der Waals surface area contributed by atoms with Gasteiger partial charge in [-0.15, -0.1) is 0 Å². The molecular weight excluding hydrogens is 428 g/mol. The molecule has 0 amide bonds. The Morgan fingerprint density at radius 2 is 1.34 bits per heavy atom. The highest BCUT2D eigenvalue weighted by Crippen LogP contribution is 2.64. The molecule has 0 radical (unpaired) electrons. The predicted molar refractivity (Wildman–Crippen MR) is 141 cm³/mol. The van der Waals surface area contributed by atoms with Crippen molar-refractivity contribution < 1.29 is 13.6 Å². The van der Waals surface area contributed by atoms with Gasteiger partial charge < -0.3 is 13.6 Å². The van der Waals surface area contributed by atoms with Crippen LogP contribution >= 0.6 is 0 Å². The molecule has 0 aromatic carbocycles. The van der Waals surface area contributed by atoms with Crippen LogP contribution < -0.4 is 0 Å². The fourth-order valence-corrected chi connectivity index (χ4v) is 13.6. The molecule has 7 atom stereocenters. The van der Waals surface area contributed by atoms with Crippen molar-refractivity contribution in [2.24, 2.45) is 23.7 Å². The summed E-state index contributed by atoms with van der Waals surface area (Å²) in [7, 11) is -3.47. The van der Waals surface area contributed by atoms with Crippen LogP contribution in [0, 0.1) is 23.7 Å². The second-order valence-corrected chi connectivity index (χ2v) is 21.4. The largest absolute Gasteiger partial charge is 0.411 e. The van der Waals surface area contributed by atoms with E-state index in [1.807, 2.05) is 0 Å². The molecular formula is C27H54O3Si2. The molecule has 1 aliphatic carbocycles. The molecule has 2 bridgehead atoms. The van der Waals surface area contributed by atoms with Crippen molar-refractivity contribution in [1.29, 1.82) is 0 Å². The molecule has 0 N–H and O–H groups in total. The Balaban J connectivity index is 2.08. The van der Waals surface area contributed by atoms with Crippen LogP contribution in [-0.4, -0.2) is 40.0 Å². The predicted octanol–water partition coefficient (Wildman–Crippen LogP) is 8.02. The maximum atomic E-state index is 7.48. The number of ether oxygens (including phenoxy) is 1. The van der Waals surface area contributed by atoms with Gasteiger partial charge in [0.2, 0.25) is 0 Å². The Bertz CT molecular complexity index is 616. The topological polar surface area (TPSA) is 27.7 Å². The van der Waals surface area contributed by atoms with Crippen LogP contribution in [0.5, 0.6) is 0 Å². The third kappa shape index (κ3) is 4.04. The summed E-state index contributed by atoms with van der Waals surface area (Å²) in [6.07, 6.45) is 4.07. The van der Waals surface area contributed by atoms with E-state index in [0.29, 0.717) is 23.7 Å². The van der Waals surface area contributed by atoms with Gasteiger partial charge in [0.1, 0.15) is 0 Å². The van der Waals surface area contributed by atoms with Crippen LogP contribution in [0.4, 0.5) is 0 Å². The summed E-state index contributed by atoms with van der Waals surface area (Å²) in [5, 5.41) is 0. The van der Waals surface area contributed by atoms with Gasteiger partial charge in [0.05, 0.1) is 23.4 Å². The normalized spacial score (nSPS) is 39.7. The third-order valence-corrected chi connectivity index (χ3v) is 20.1. The molecule has 3 rings (SSSR count). The Hall–Kier alpha value is 0.314. The summed E-state index contributed by atoms with van der Waals surface area (Å²) in [4.78, 5) is 0. The van der Waals surface area contributed by atoms with Crippen LogP contribution in [0.15, 0.2) is 0 Å². The van der Waals surface area contributed by atoms with Gasteiger partial charge in [0.25, 0.3) is 0 Å². The van der Waals surface area contributed by atoms with Crippen LogP contribution in [-0.2, 0) is 13.6 Å². The minimum absolute atomic E-state index is 0.161. The molecule has 0 aromatic rings. The Morgan fingerprint density at radius 3 is 1.81 bits per heavy atom. The van der Waals surface area contributed by atoms with E-state index in [9.17, 15) is 0 Å². The average Bonchev–Trinajstić information content (AvgIpc) is 3.31. The lowest BCUT2D eigenvalue weighted by molar-refractivity contribution is -0.253. The highest BCUT2D eigenvalue weighted by atomic mass is 28.4. The first kappa shape index (κ1) is 26.9. The summed E-state index contributed by atoms with van der Waals surface area (Å²) in [6, 6.07) is 7.27. The summed E-state index contributed by atoms with van der Waals surface area (Å²) < 4.78 is 22.2. The van der Waals surface area contributed by atoms with Crippen LogP contribution in [0.1, 0.15) is 88.5 Å². The van der Waals surface area contributed by atoms with Crippen LogP contribution in [0.3, 0.4) is 0 Å². The lowest BCUT2D eigenvalue weighted by Crippen LogP contribution is -2.64. The van der Waals surface area contributed by atoms with Gasteiger partial charge in [0.15, 0.2) is 16.6 Å². The molecule has 3 fully saturated rings. The zero-order valence-corrected chi connectivity index (χ0v) is 25.1. The van der Waals surface area contributed by atoms with E-state index in [1.165, 1.54) is 49.1 Å². The molecule has 3 nitrogen and oxygen atoms in total. The van der Waals surface area contributed by atoms with Gasteiger partial charge in [-0.2, -0.15) is 0 Å². The summed E-state index contributed by atoms with van der Waals surface area (Å²) in [5.74, 6) is 2.33. The Kier molecular flexibility index (Phi) is 8.20. The second-order valence-electron chi connectivity index (χ2n) is 12.0. The van der Waals surface area contributed by atoms with Crippen molar-refractivity contribution in [3.8, 4) is 0 Å². The molecule has 0 unspecified atom stereocenters. The van der Waals surface area contributed by atoms with Gasteiger partial charge in [-0.1, -0.05) is 62.3 Å². The van der Waals surface area contributed by atoms with Gasteiger partial charge in [-0.3, -0.25) is 0 Å². The Labute approximate surface area is 202 Å². The van der Waals surface area contributed by atoms with E-state index in [0.717, 1.165) is 6.42 Å². The van der Waals surface area contributed by atoms with Crippen molar-refractivity contribution in [2.45, 2.75) is 148 Å². The van der Waals surface area contributed by atoms with Gasteiger partial charge in [0, 0.05) is 6.42 Å². The van der Waals surface area contributed by atoms with Crippen molar-refractivity contribution in [3.63, 3.8) is 0 Å². The molecule has 2 aliphatic heterocycles. The summed E-state index contributed by atoms with van der Waals surface area (Å²) in [5.41, 5.74) is -0.363. The Morgan fingerprint density at radius 1 is 0.844 bits per heavy atom. The molecule has 2 heterocycles. The molecule has 32 heavy (non-hydrogen) atoms. The summed E-state index contributed by atoms with van der Waals surface area (Å²) >= 11 is 0. The van der Waals surface area contributed by atoms with E-state index in [4.69, 9.17) is 13.6 Å². The SMILES string of the molecule is CC[Si](CC)(CC)O[C@@H]1[C@@H]2[C@H](C)CC[C@H]2[C@@]2(C)O[C@]1(C(C)C)C[C@H]2O[Si](CC)(CC)CC. The zero-order chi connectivity index (χ0) is 23.9. The van der Waals surface area contributed by atoms with Crippen molar-refractivity contribution in [3.05, 3.63) is 0 Å². The monoisotopic (exact) mass is 482 g/mol. The minimum atomic E-state index is -1.75. The molecule has 3 aliphatic rings. The number of fused-ring (bicyclic) bond motifs is 4. The number of rotatable bonds is 11. The molecule has 1 saturated carbocycles. The van der Waals surface area contributed by atoms with Crippen LogP contribution in [0.2, 0.25) is 36.3 Å². The maximum absolute atomic E-state index is 7.48. The zero-order valence-electron chi connectivity index (χ0n) is 23.1. The van der Waals surface area contributed by atoms with Gasteiger partial charge in [-0.25, -0.2) is 0 Å². The van der Waals surface area contributed by atoms with Crippen molar-refractivity contribution >= 4 is 16.6 Å². The molecule has 188 valence electrons. The molecule has 0 spiro atoms. The first-order chi connectivity index (χ1) is 15.1. The van der Waals surface area contributed by atoms with E-state index < -0.39 is 16.6 Å². The smallest absolute Gasteiger partial charge is 0.192 e. The standard InChI is InChI=1S/C27H54O3Si2/c1-11-31(12-2,13-3)28-23-19-27(20(7)8)25(29-32(14-4,15-5)16-6)24-21(9)17-18-22(24)26(23,10)30-27/h20-25H,11-19H2,1-10H3/t21-,22-,23-,24-,25-,26-,27+/m1/s1. The first-order valence-corrected chi connectivity index (χ1v) is 19.2. The molecule has 0 aromatic heterocycles. The van der Waals surface area contributed by atoms with Crippen LogP contribution in [0.25, 0.3) is 0 Å². The lowest BCUT2D eigenvalue weighted by Gasteiger charge is -2.56. The van der Waals surface area contributed by atoms with E-state index in [2.05, 4.69) is 69.2 Å². The molecule has 5 heteroatoms. The fourth-order valence-electron chi connectivity index (χ4n) is 7.82. The minimum Gasteiger partial charge on any atom is -0.411 e. The van der Waals surface area contributed by atoms with Crippen molar-refractivity contribution in [2.75, 3.05) is 0 Å². The lowest BCUT2D eigenvalue weighted by atomic mass is 9.69. The fraction of sp³-hybridized carbons (Fsp3) is 1.00. The van der Waals surface area contributed by atoms with Gasteiger partial charge >= 0.3 is 0 Å².